The second-order valence-electron chi connectivity index (χ2n) is 5.56. The second kappa shape index (κ2) is 8.66. The predicted molar refractivity (Wildman–Crippen MR) is 97.1 cm³/mol. The van der Waals surface area contributed by atoms with Gasteiger partial charge >= 0.3 is 5.97 Å². The van der Waals surface area contributed by atoms with E-state index in [2.05, 4.69) is 10.3 Å². The summed E-state index contributed by atoms with van der Waals surface area (Å²) in [6.45, 7) is -0.372. The first kappa shape index (κ1) is 18.2. The normalized spacial score (nSPS) is 10.3. The first-order valence-electron chi connectivity index (χ1n) is 8.23. The van der Waals surface area contributed by atoms with Gasteiger partial charge in [-0.25, -0.2) is 4.98 Å². The molecule has 1 N–H and O–H groups in total. The molecule has 138 valence electrons. The Bertz CT molecular complexity index is 921. The van der Waals surface area contributed by atoms with Gasteiger partial charge in [-0.3, -0.25) is 9.59 Å². The SMILES string of the molecule is COc1cccc(C(=O)NCC(=O)OCc2ncc(-c3ccccc3)o2)c1. The summed E-state index contributed by atoms with van der Waals surface area (Å²) in [4.78, 5) is 27.9. The summed E-state index contributed by atoms with van der Waals surface area (Å²) < 4.78 is 15.7. The topological polar surface area (TPSA) is 90.7 Å². The summed E-state index contributed by atoms with van der Waals surface area (Å²) in [5.74, 6) is 0.441. The quantitative estimate of drug-likeness (QED) is 0.647. The summed E-state index contributed by atoms with van der Waals surface area (Å²) in [5.41, 5.74) is 1.27. The zero-order chi connectivity index (χ0) is 19.1. The number of carbonyl (C=O) groups is 2. The molecule has 0 aliphatic rings. The van der Waals surface area contributed by atoms with Crippen molar-refractivity contribution < 1.29 is 23.5 Å². The average molecular weight is 366 g/mol. The summed E-state index contributed by atoms with van der Waals surface area (Å²) in [7, 11) is 1.51. The van der Waals surface area contributed by atoms with Crippen molar-refractivity contribution in [3.8, 4) is 17.1 Å². The molecule has 0 saturated carbocycles. The van der Waals surface area contributed by atoms with Crippen molar-refractivity contribution in [1.29, 1.82) is 0 Å². The van der Waals surface area contributed by atoms with Gasteiger partial charge in [-0.2, -0.15) is 0 Å². The fourth-order valence-electron chi connectivity index (χ4n) is 2.32. The van der Waals surface area contributed by atoms with E-state index >= 15 is 0 Å². The maximum absolute atomic E-state index is 12.0. The second-order valence-corrected chi connectivity index (χ2v) is 5.56. The van der Waals surface area contributed by atoms with Gasteiger partial charge in [0.2, 0.25) is 5.89 Å². The van der Waals surface area contributed by atoms with E-state index < -0.39 is 11.9 Å². The highest BCUT2D eigenvalue weighted by atomic mass is 16.5. The van der Waals surface area contributed by atoms with E-state index in [1.807, 2.05) is 30.3 Å². The van der Waals surface area contributed by atoms with Crippen LogP contribution in [0.15, 0.2) is 65.2 Å². The summed E-state index contributed by atoms with van der Waals surface area (Å²) in [6.07, 6.45) is 1.57. The van der Waals surface area contributed by atoms with Crippen LogP contribution in [0.5, 0.6) is 5.75 Å². The van der Waals surface area contributed by atoms with Gasteiger partial charge in [-0.1, -0.05) is 36.4 Å². The fraction of sp³-hybridized carbons (Fsp3) is 0.150. The van der Waals surface area contributed by atoms with Crippen molar-refractivity contribution >= 4 is 11.9 Å². The Morgan fingerprint density at radius 1 is 1.11 bits per heavy atom. The molecule has 2 aromatic carbocycles. The minimum absolute atomic E-state index is 0.110. The van der Waals surface area contributed by atoms with Gasteiger partial charge in [0.05, 0.1) is 13.3 Å². The van der Waals surface area contributed by atoms with E-state index in [-0.39, 0.29) is 19.0 Å². The number of esters is 1. The summed E-state index contributed by atoms with van der Waals surface area (Å²) >= 11 is 0. The van der Waals surface area contributed by atoms with E-state index in [9.17, 15) is 9.59 Å². The van der Waals surface area contributed by atoms with Gasteiger partial charge in [0.25, 0.3) is 5.91 Å². The van der Waals surface area contributed by atoms with Crippen molar-refractivity contribution in [3.63, 3.8) is 0 Å². The van der Waals surface area contributed by atoms with Crippen LogP contribution >= 0.6 is 0 Å². The van der Waals surface area contributed by atoms with E-state index in [0.717, 1.165) is 5.56 Å². The molecular weight excluding hydrogens is 348 g/mol. The number of nitrogens with zero attached hydrogens (tertiary/aromatic N) is 1. The average Bonchev–Trinajstić information content (AvgIpc) is 3.20. The molecule has 0 aliphatic carbocycles. The summed E-state index contributed by atoms with van der Waals surface area (Å²) in [5, 5.41) is 2.50. The van der Waals surface area contributed by atoms with Crippen LogP contribution in [0, 0.1) is 0 Å². The van der Waals surface area contributed by atoms with Gasteiger partial charge in [0.15, 0.2) is 12.4 Å². The number of oxazole rings is 1. The lowest BCUT2D eigenvalue weighted by Gasteiger charge is -2.06. The van der Waals surface area contributed by atoms with Crippen molar-refractivity contribution in [2.45, 2.75) is 6.61 Å². The molecule has 3 rings (SSSR count). The number of amides is 1. The molecule has 1 amide bonds. The van der Waals surface area contributed by atoms with Gasteiger partial charge in [-0.05, 0) is 18.2 Å². The van der Waals surface area contributed by atoms with Crippen molar-refractivity contribution in [3.05, 3.63) is 72.2 Å². The number of ether oxygens (including phenoxy) is 2. The lowest BCUT2D eigenvalue weighted by molar-refractivity contribution is -0.144. The van der Waals surface area contributed by atoms with Crippen molar-refractivity contribution in [2.24, 2.45) is 0 Å². The first-order chi connectivity index (χ1) is 13.2. The van der Waals surface area contributed by atoms with Gasteiger partial charge in [0.1, 0.15) is 12.3 Å². The molecule has 1 aromatic heterocycles. The van der Waals surface area contributed by atoms with Crippen LogP contribution in [-0.2, 0) is 16.1 Å². The molecule has 3 aromatic rings. The summed E-state index contributed by atoms with van der Waals surface area (Å²) in [6, 6.07) is 16.1. The standard InChI is InChI=1S/C20H18N2O5/c1-25-16-9-5-8-15(10-16)20(24)22-12-19(23)26-13-18-21-11-17(27-18)14-6-3-2-4-7-14/h2-11H,12-13H2,1H3,(H,22,24). The van der Waals surface area contributed by atoms with Gasteiger partial charge in [0, 0.05) is 11.1 Å². The molecule has 0 unspecified atom stereocenters. The number of nitrogens with one attached hydrogen (secondary N) is 1. The van der Waals surface area contributed by atoms with Crippen LogP contribution in [0.1, 0.15) is 16.2 Å². The number of rotatable bonds is 7. The van der Waals surface area contributed by atoms with E-state index in [1.54, 1.807) is 30.5 Å². The van der Waals surface area contributed by atoms with Crippen molar-refractivity contribution in [1.82, 2.24) is 10.3 Å². The largest absolute Gasteiger partial charge is 0.497 e. The number of carbonyl (C=O) groups excluding carboxylic acids is 2. The zero-order valence-electron chi connectivity index (χ0n) is 14.7. The third kappa shape index (κ3) is 4.94. The third-order valence-electron chi connectivity index (χ3n) is 3.69. The monoisotopic (exact) mass is 366 g/mol. The van der Waals surface area contributed by atoms with E-state index in [1.165, 1.54) is 7.11 Å². The molecule has 7 nitrogen and oxygen atoms in total. The lowest BCUT2D eigenvalue weighted by Crippen LogP contribution is -2.30. The Labute approximate surface area is 155 Å². The molecule has 0 saturated heterocycles. The van der Waals surface area contributed by atoms with Gasteiger partial charge < -0.3 is 19.2 Å². The Kier molecular flexibility index (Phi) is 5.84. The number of aromatic nitrogens is 1. The molecule has 27 heavy (non-hydrogen) atoms. The molecule has 0 aliphatic heterocycles. The fourth-order valence-corrected chi connectivity index (χ4v) is 2.32. The molecular formula is C20H18N2O5. The molecule has 0 fully saturated rings. The molecule has 0 atom stereocenters. The molecule has 1 heterocycles. The molecule has 0 spiro atoms. The zero-order valence-corrected chi connectivity index (χ0v) is 14.7. The Morgan fingerprint density at radius 3 is 2.70 bits per heavy atom. The highest BCUT2D eigenvalue weighted by Crippen LogP contribution is 2.20. The van der Waals surface area contributed by atoms with Crippen LogP contribution in [0.25, 0.3) is 11.3 Å². The maximum Gasteiger partial charge on any atom is 0.325 e. The molecule has 7 heteroatoms. The maximum atomic E-state index is 12.0. The smallest absolute Gasteiger partial charge is 0.325 e. The number of methoxy groups -OCH3 is 1. The van der Waals surface area contributed by atoms with Gasteiger partial charge in [-0.15, -0.1) is 0 Å². The predicted octanol–water partition coefficient (Wildman–Crippen LogP) is 2.82. The van der Waals surface area contributed by atoms with Crippen molar-refractivity contribution in [2.75, 3.05) is 13.7 Å². The minimum atomic E-state index is -0.592. The Balaban J connectivity index is 1.47. The van der Waals surface area contributed by atoms with Crippen LogP contribution in [0.4, 0.5) is 0 Å². The third-order valence-corrected chi connectivity index (χ3v) is 3.69. The van der Waals surface area contributed by atoms with Crippen LogP contribution < -0.4 is 10.1 Å². The van der Waals surface area contributed by atoms with E-state index in [4.69, 9.17) is 13.9 Å². The highest BCUT2D eigenvalue weighted by molar-refractivity contribution is 5.96. The van der Waals surface area contributed by atoms with Crippen LogP contribution in [-0.4, -0.2) is 30.5 Å². The minimum Gasteiger partial charge on any atom is -0.497 e. The Hall–Kier alpha value is -3.61. The number of benzene rings is 2. The Morgan fingerprint density at radius 2 is 1.93 bits per heavy atom. The van der Waals surface area contributed by atoms with Crippen LogP contribution in [0.3, 0.4) is 0 Å². The molecule has 0 bridgehead atoms. The molecule has 0 radical (unpaired) electrons. The van der Waals surface area contributed by atoms with E-state index in [0.29, 0.717) is 17.1 Å². The highest BCUT2D eigenvalue weighted by Gasteiger charge is 2.12. The van der Waals surface area contributed by atoms with Crippen LogP contribution in [0.2, 0.25) is 0 Å². The number of hydrogen-bond donors (Lipinski definition) is 1. The number of hydrogen-bond acceptors (Lipinski definition) is 6. The first-order valence-corrected chi connectivity index (χ1v) is 8.23. The lowest BCUT2D eigenvalue weighted by atomic mass is 10.2.